The van der Waals surface area contributed by atoms with Gasteiger partial charge < -0.3 is 10.5 Å². The Balaban J connectivity index is 2.20. The molecule has 1 atom stereocenters. The summed E-state index contributed by atoms with van der Waals surface area (Å²) >= 11 is 0. The fourth-order valence-corrected chi connectivity index (χ4v) is 1.90. The Morgan fingerprint density at radius 1 is 1.24 bits per heavy atom. The number of nitriles is 1. The summed E-state index contributed by atoms with van der Waals surface area (Å²) < 4.78 is 32.5. The molecule has 0 aliphatic heterocycles. The molecule has 0 fully saturated rings. The lowest BCUT2D eigenvalue weighted by Gasteiger charge is -2.14. The van der Waals surface area contributed by atoms with Crippen LogP contribution in [0.3, 0.4) is 0 Å². The summed E-state index contributed by atoms with van der Waals surface area (Å²) in [7, 11) is 0. The third-order valence-corrected chi connectivity index (χ3v) is 3.03. The maximum absolute atomic E-state index is 13.7. The van der Waals surface area contributed by atoms with Crippen molar-refractivity contribution in [1.29, 1.82) is 5.26 Å². The van der Waals surface area contributed by atoms with Crippen LogP contribution in [0, 0.1) is 23.0 Å². The molecule has 0 bridgehead atoms. The topological polar surface area (TPSA) is 59.0 Å². The molecule has 2 aromatic carbocycles. The third kappa shape index (κ3) is 3.56. The van der Waals surface area contributed by atoms with Gasteiger partial charge in [0.25, 0.3) is 0 Å². The SMILES string of the molecule is C[C@H](N)c1ccc(F)cc1OCc1ccc(C#N)cc1F. The predicted octanol–water partition coefficient (Wildman–Crippen LogP) is 3.44. The van der Waals surface area contributed by atoms with Gasteiger partial charge in [-0.25, -0.2) is 8.78 Å². The van der Waals surface area contributed by atoms with E-state index in [0.717, 1.165) is 6.07 Å². The minimum absolute atomic E-state index is 0.0687. The molecule has 0 heterocycles. The average Bonchev–Trinajstić information content (AvgIpc) is 2.45. The van der Waals surface area contributed by atoms with Crippen LogP contribution in [-0.2, 0) is 6.61 Å². The van der Waals surface area contributed by atoms with Gasteiger partial charge in [0, 0.05) is 23.2 Å². The molecule has 3 nitrogen and oxygen atoms in total. The van der Waals surface area contributed by atoms with Crippen LogP contribution in [0.1, 0.15) is 29.7 Å². The van der Waals surface area contributed by atoms with Gasteiger partial charge in [-0.1, -0.05) is 12.1 Å². The van der Waals surface area contributed by atoms with Crippen LogP contribution in [-0.4, -0.2) is 0 Å². The summed E-state index contributed by atoms with van der Waals surface area (Å²) in [5, 5.41) is 8.69. The van der Waals surface area contributed by atoms with Crippen molar-refractivity contribution in [3.8, 4) is 11.8 Å². The van der Waals surface area contributed by atoms with Crippen molar-refractivity contribution in [2.24, 2.45) is 5.73 Å². The van der Waals surface area contributed by atoms with Crippen molar-refractivity contribution >= 4 is 0 Å². The zero-order valence-electron chi connectivity index (χ0n) is 11.4. The summed E-state index contributed by atoms with van der Waals surface area (Å²) in [5.74, 6) is -0.698. The maximum Gasteiger partial charge on any atom is 0.131 e. The summed E-state index contributed by atoms with van der Waals surface area (Å²) in [6.45, 7) is 1.68. The molecule has 0 aliphatic rings. The molecule has 2 aromatic rings. The Bertz CT molecular complexity index is 693. The van der Waals surface area contributed by atoms with Crippen molar-refractivity contribution < 1.29 is 13.5 Å². The van der Waals surface area contributed by atoms with Crippen LogP contribution in [0.25, 0.3) is 0 Å². The lowest BCUT2D eigenvalue weighted by molar-refractivity contribution is 0.294. The number of halogens is 2. The molecule has 21 heavy (non-hydrogen) atoms. The number of benzene rings is 2. The molecule has 0 saturated carbocycles. The Kier molecular flexibility index (Phi) is 4.51. The molecule has 108 valence electrons. The van der Waals surface area contributed by atoms with Gasteiger partial charge >= 0.3 is 0 Å². The lowest BCUT2D eigenvalue weighted by atomic mass is 10.1. The predicted molar refractivity (Wildman–Crippen MR) is 74.4 cm³/mol. The van der Waals surface area contributed by atoms with Crippen molar-refractivity contribution in [3.63, 3.8) is 0 Å². The molecule has 0 unspecified atom stereocenters. The standard InChI is InChI=1S/C16H14F2N2O/c1-10(20)14-5-4-13(17)7-16(14)21-9-12-3-2-11(8-19)6-15(12)18/h2-7,10H,9,20H2,1H3/t10-/m0/s1. The zero-order chi connectivity index (χ0) is 15.4. The van der Waals surface area contributed by atoms with Crippen LogP contribution in [0.5, 0.6) is 5.75 Å². The Morgan fingerprint density at radius 3 is 2.62 bits per heavy atom. The largest absolute Gasteiger partial charge is 0.488 e. The highest BCUT2D eigenvalue weighted by atomic mass is 19.1. The van der Waals surface area contributed by atoms with Gasteiger partial charge in [0.05, 0.1) is 11.6 Å². The molecule has 0 radical (unpaired) electrons. The first kappa shape index (κ1) is 14.9. The van der Waals surface area contributed by atoms with Gasteiger partial charge in [-0.2, -0.15) is 5.26 Å². The first-order valence-corrected chi connectivity index (χ1v) is 6.37. The van der Waals surface area contributed by atoms with Crippen LogP contribution in [0.2, 0.25) is 0 Å². The van der Waals surface area contributed by atoms with E-state index in [0.29, 0.717) is 5.56 Å². The second-order valence-corrected chi connectivity index (χ2v) is 4.68. The minimum atomic E-state index is -0.534. The van der Waals surface area contributed by atoms with E-state index < -0.39 is 11.6 Å². The maximum atomic E-state index is 13.7. The number of ether oxygens (including phenoxy) is 1. The molecule has 2 rings (SSSR count). The molecule has 0 spiro atoms. The fraction of sp³-hybridized carbons (Fsp3) is 0.188. The van der Waals surface area contributed by atoms with Gasteiger partial charge in [-0.05, 0) is 25.1 Å². The van der Waals surface area contributed by atoms with E-state index in [1.54, 1.807) is 13.0 Å². The van der Waals surface area contributed by atoms with Crippen molar-refractivity contribution in [2.75, 3.05) is 0 Å². The van der Waals surface area contributed by atoms with E-state index in [9.17, 15) is 8.78 Å². The molecule has 5 heteroatoms. The van der Waals surface area contributed by atoms with Gasteiger partial charge in [-0.3, -0.25) is 0 Å². The van der Waals surface area contributed by atoms with Gasteiger partial charge in [0.15, 0.2) is 0 Å². The number of hydrogen-bond donors (Lipinski definition) is 1. The first-order chi connectivity index (χ1) is 10.0. The molecule has 0 saturated heterocycles. The zero-order valence-corrected chi connectivity index (χ0v) is 11.4. The summed E-state index contributed by atoms with van der Waals surface area (Å²) in [6.07, 6.45) is 0. The van der Waals surface area contributed by atoms with Crippen LogP contribution in [0.4, 0.5) is 8.78 Å². The molecule has 0 aromatic heterocycles. The van der Waals surface area contributed by atoms with Crippen LogP contribution >= 0.6 is 0 Å². The van der Waals surface area contributed by atoms with E-state index >= 15 is 0 Å². The fourth-order valence-electron chi connectivity index (χ4n) is 1.90. The Hall–Kier alpha value is -2.45. The number of nitrogens with zero attached hydrogens (tertiary/aromatic N) is 1. The van der Waals surface area contributed by atoms with E-state index in [1.807, 2.05) is 6.07 Å². The molecular formula is C16H14F2N2O. The summed E-state index contributed by atoms with van der Waals surface area (Å²) in [6, 6.07) is 9.70. The van der Waals surface area contributed by atoms with E-state index in [-0.39, 0.29) is 29.5 Å². The number of nitrogens with two attached hydrogens (primary N) is 1. The van der Waals surface area contributed by atoms with Crippen molar-refractivity contribution in [2.45, 2.75) is 19.6 Å². The second kappa shape index (κ2) is 6.33. The van der Waals surface area contributed by atoms with Crippen molar-refractivity contribution in [3.05, 3.63) is 64.7 Å². The van der Waals surface area contributed by atoms with Gasteiger partial charge in [0.1, 0.15) is 24.0 Å². The van der Waals surface area contributed by atoms with Gasteiger partial charge in [0.2, 0.25) is 0 Å². The summed E-state index contributed by atoms with van der Waals surface area (Å²) in [4.78, 5) is 0. The highest BCUT2D eigenvalue weighted by molar-refractivity contribution is 5.37. The lowest BCUT2D eigenvalue weighted by Crippen LogP contribution is -2.09. The number of rotatable bonds is 4. The Labute approximate surface area is 121 Å². The van der Waals surface area contributed by atoms with Crippen molar-refractivity contribution in [1.82, 2.24) is 0 Å². The smallest absolute Gasteiger partial charge is 0.131 e. The van der Waals surface area contributed by atoms with Crippen LogP contribution in [0.15, 0.2) is 36.4 Å². The summed E-state index contributed by atoms with van der Waals surface area (Å²) in [5.41, 5.74) is 6.95. The molecule has 0 amide bonds. The Morgan fingerprint density at radius 2 is 2.00 bits per heavy atom. The molecular weight excluding hydrogens is 274 g/mol. The highest BCUT2D eigenvalue weighted by Gasteiger charge is 2.11. The van der Waals surface area contributed by atoms with E-state index in [1.165, 1.54) is 24.3 Å². The van der Waals surface area contributed by atoms with Gasteiger partial charge in [-0.15, -0.1) is 0 Å². The monoisotopic (exact) mass is 288 g/mol. The number of hydrogen-bond acceptors (Lipinski definition) is 3. The quantitative estimate of drug-likeness (QED) is 0.937. The first-order valence-electron chi connectivity index (χ1n) is 6.37. The average molecular weight is 288 g/mol. The second-order valence-electron chi connectivity index (χ2n) is 4.68. The van der Waals surface area contributed by atoms with Crippen LogP contribution < -0.4 is 10.5 Å². The normalized spacial score (nSPS) is 11.8. The van der Waals surface area contributed by atoms with E-state index in [2.05, 4.69) is 0 Å². The highest BCUT2D eigenvalue weighted by Crippen LogP contribution is 2.26. The molecule has 2 N–H and O–H groups in total. The van der Waals surface area contributed by atoms with E-state index in [4.69, 9.17) is 15.7 Å². The minimum Gasteiger partial charge on any atom is -0.488 e. The molecule has 0 aliphatic carbocycles. The third-order valence-electron chi connectivity index (χ3n) is 3.03.